The van der Waals surface area contributed by atoms with Crippen molar-refractivity contribution in [1.82, 2.24) is 9.78 Å². The van der Waals surface area contributed by atoms with Gasteiger partial charge in [0.15, 0.2) is 6.10 Å². The van der Waals surface area contributed by atoms with Crippen molar-refractivity contribution in [2.75, 3.05) is 0 Å². The Morgan fingerprint density at radius 3 is 2.75 bits per heavy atom. The molecular formula is C10H15BrN2O3. The van der Waals surface area contributed by atoms with Gasteiger partial charge in [0.25, 0.3) is 0 Å². The predicted molar refractivity (Wildman–Crippen MR) is 62.2 cm³/mol. The van der Waals surface area contributed by atoms with Gasteiger partial charge in [-0.15, -0.1) is 0 Å². The molecule has 0 aliphatic carbocycles. The number of carboxylic acid groups (broad SMARTS) is 1. The molecule has 5 nitrogen and oxygen atoms in total. The Hall–Kier alpha value is -0.880. The highest BCUT2D eigenvalue weighted by molar-refractivity contribution is 9.10. The molecule has 0 saturated heterocycles. The average Bonchev–Trinajstić information content (AvgIpc) is 2.51. The molecule has 0 unspecified atom stereocenters. The number of aliphatic carboxylic acids is 1. The highest BCUT2D eigenvalue weighted by Gasteiger charge is 2.16. The summed E-state index contributed by atoms with van der Waals surface area (Å²) in [6, 6.07) is 0. The molecular weight excluding hydrogens is 276 g/mol. The number of rotatable bonds is 5. The van der Waals surface area contributed by atoms with Crippen LogP contribution in [0.2, 0.25) is 0 Å². The van der Waals surface area contributed by atoms with Crippen molar-refractivity contribution in [1.29, 1.82) is 0 Å². The quantitative estimate of drug-likeness (QED) is 0.897. The van der Waals surface area contributed by atoms with Crippen LogP contribution in [0.1, 0.15) is 25.2 Å². The third kappa shape index (κ3) is 2.82. The van der Waals surface area contributed by atoms with Crippen LogP contribution in [0.25, 0.3) is 0 Å². The molecule has 1 rings (SSSR count). The van der Waals surface area contributed by atoms with E-state index in [-0.39, 0.29) is 6.61 Å². The maximum absolute atomic E-state index is 10.6. The van der Waals surface area contributed by atoms with Crippen molar-refractivity contribution in [2.45, 2.75) is 33.0 Å². The van der Waals surface area contributed by atoms with Gasteiger partial charge in [0.05, 0.1) is 22.5 Å². The molecule has 0 amide bonds. The van der Waals surface area contributed by atoms with Gasteiger partial charge in [0.1, 0.15) is 0 Å². The van der Waals surface area contributed by atoms with Gasteiger partial charge < -0.3 is 9.84 Å². The summed E-state index contributed by atoms with van der Waals surface area (Å²) in [6.07, 6.45) is 0.00925. The van der Waals surface area contributed by atoms with Gasteiger partial charge in [0, 0.05) is 7.05 Å². The van der Waals surface area contributed by atoms with Crippen molar-refractivity contribution < 1.29 is 14.6 Å². The molecule has 16 heavy (non-hydrogen) atoms. The first-order chi connectivity index (χ1) is 7.47. The molecule has 0 aromatic carbocycles. The molecule has 90 valence electrons. The normalized spacial score (nSPS) is 12.8. The molecule has 1 heterocycles. The van der Waals surface area contributed by atoms with Crippen molar-refractivity contribution in [2.24, 2.45) is 7.05 Å². The Bertz CT molecular complexity index is 390. The number of aryl methyl sites for hydroxylation is 2. The maximum atomic E-state index is 10.6. The number of carbonyl (C=O) groups is 1. The lowest BCUT2D eigenvalue weighted by Crippen LogP contribution is -2.20. The molecule has 0 spiro atoms. The SMILES string of the molecule is CCc1nn(C)c(CO[C@@H](C)C(=O)O)c1Br. The first kappa shape index (κ1) is 13.2. The third-order valence-corrected chi connectivity index (χ3v) is 3.24. The molecule has 0 bridgehead atoms. The summed E-state index contributed by atoms with van der Waals surface area (Å²) in [5, 5.41) is 13.0. The van der Waals surface area contributed by atoms with Gasteiger partial charge in [-0.25, -0.2) is 4.79 Å². The van der Waals surface area contributed by atoms with Crippen LogP contribution in [0.3, 0.4) is 0 Å². The minimum Gasteiger partial charge on any atom is -0.479 e. The lowest BCUT2D eigenvalue weighted by molar-refractivity contribution is -0.150. The van der Waals surface area contributed by atoms with Crippen LogP contribution in [0, 0.1) is 0 Å². The smallest absolute Gasteiger partial charge is 0.332 e. The number of halogens is 1. The summed E-state index contributed by atoms with van der Waals surface area (Å²) >= 11 is 3.44. The molecule has 0 aliphatic heterocycles. The van der Waals surface area contributed by atoms with Crippen LogP contribution in [0.4, 0.5) is 0 Å². The lowest BCUT2D eigenvalue weighted by atomic mass is 10.3. The minimum absolute atomic E-state index is 0.234. The fourth-order valence-electron chi connectivity index (χ4n) is 1.25. The van der Waals surface area contributed by atoms with Crippen molar-refractivity contribution >= 4 is 21.9 Å². The molecule has 1 atom stereocenters. The van der Waals surface area contributed by atoms with Gasteiger partial charge >= 0.3 is 5.97 Å². The van der Waals surface area contributed by atoms with E-state index in [1.165, 1.54) is 6.92 Å². The number of nitrogens with zero attached hydrogens (tertiary/aromatic N) is 2. The van der Waals surface area contributed by atoms with E-state index in [1.807, 2.05) is 14.0 Å². The van der Waals surface area contributed by atoms with Crippen LogP contribution in [0.5, 0.6) is 0 Å². The summed E-state index contributed by atoms with van der Waals surface area (Å²) in [6.45, 7) is 3.75. The van der Waals surface area contributed by atoms with Gasteiger partial charge in [-0.1, -0.05) is 6.92 Å². The van der Waals surface area contributed by atoms with Crippen molar-refractivity contribution in [3.8, 4) is 0 Å². The second kappa shape index (κ2) is 5.45. The highest BCUT2D eigenvalue weighted by atomic mass is 79.9. The monoisotopic (exact) mass is 290 g/mol. The Morgan fingerprint density at radius 2 is 2.31 bits per heavy atom. The maximum Gasteiger partial charge on any atom is 0.332 e. The lowest BCUT2D eigenvalue weighted by Gasteiger charge is -2.08. The van der Waals surface area contributed by atoms with Crippen molar-refractivity contribution in [3.05, 3.63) is 15.9 Å². The largest absolute Gasteiger partial charge is 0.479 e. The summed E-state index contributed by atoms with van der Waals surface area (Å²) in [5.74, 6) is -0.964. The van der Waals surface area contributed by atoms with E-state index >= 15 is 0 Å². The van der Waals surface area contributed by atoms with E-state index in [1.54, 1.807) is 4.68 Å². The average molecular weight is 291 g/mol. The van der Waals surface area contributed by atoms with E-state index in [0.29, 0.717) is 0 Å². The van der Waals surface area contributed by atoms with Crippen LogP contribution in [0.15, 0.2) is 4.47 Å². The number of hydrogen-bond donors (Lipinski definition) is 1. The van der Waals surface area contributed by atoms with Gasteiger partial charge in [-0.2, -0.15) is 5.10 Å². The first-order valence-corrected chi connectivity index (χ1v) is 5.81. The second-order valence-corrected chi connectivity index (χ2v) is 4.27. The zero-order valence-corrected chi connectivity index (χ0v) is 11.1. The van der Waals surface area contributed by atoms with Crippen LogP contribution >= 0.6 is 15.9 Å². The third-order valence-electron chi connectivity index (χ3n) is 2.32. The topological polar surface area (TPSA) is 64.4 Å². The first-order valence-electron chi connectivity index (χ1n) is 5.02. The Labute approximate surface area is 103 Å². The van der Waals surface area contributed by atoms with E-state index in [4.69, 9.17) is 9.84 Å². The zero-order valence-electron chi connectivity index (χ0n) is 9.53. The molecule has 0 radical (unpaired) electrons. The van der Waals surface area contributed by atoms with Crippen LogP contribution in [-0.4, -0.2) is 27.0 Å². The highest BCUT2D eigenvalue weighted by Crippen LogP contribution is 2.22. The molecule has 0 aliphatic rings. The molecule has 0 fully saturated rings. The standard InChI is InChI=1S/C10H15BrN2O3/c1-4-7-9(11)8(13(3)12-7)5-16-6(2)10(14)15/h6H,4-5H2,1-3H3,(H,14,15)/t6-/m0/s1. The molecule has 1 aromatic heterocycles. The summed E-state index contributed by atoms with van der Waals surface area (Å²) in [4.78, 5) is 10.6. The van der Waals surface area contributed by atoms with E-state index in [9.17, 15) is 4.79 Å². The molecule has 0 saturated carbocycles. The number of hydrogen-bond acceptors (Lipinski definition) is 3. The number of carboxylic acids is 1. The second-order valence-electron chi connectivity index (χ2n) is 3.48. The van der Waals surface area contributed by atoms with E-state index < -0.39 is 12.1 Å². The van der Waals surface area contributed by atoms with Gasteiger partial charge in [-0.3, -0.25) is 4.68 Å². The van der Waals surface area contributed by atoms with E-state index in [0.717, 1.165) is 22.3 Å². The van der Waals surface area contributed by atoms with Gasteiger partial charge in [-0.05, 0) is 29.3 Å². The molecule has 1 aromatic rings. The van der Waals surface area contributed by atoms with E-state index in [2.05, 4.69) is 21.0 Å². The fraction of sp³-hybridized carbons (Fsp3) is 0.600. The summed E-state index contributed by atoms with van der Waals surface area (Å²) in [5.41, 5.74) is 1.80. The summed E-state index contributed by atoms with van der Waals surface area (Å²) in [7, 11) is 1.81. The number of aromatic nitrogens is 2. The Kier molecular flexibility index (Phi) is 4.49. The summed E-state index contributed by atoms with van der Waals surface area (Å²) < 4.78 is 7.82. The van der Waals surface area contributed by atoms with Crippen molar-refractivity contribution in [3.63, 3.8) is 0 Å². The molecule has 6 heteroatoms. The number of ether oxygens (including phenoxy) is 1. The fourth-order valence-corrected chi connectivity index (χ4v) is 1.98. The molecule has 1 N–H and O–H groups in total. The van der Waals surface area contributed by atoms with Crippen LogP contribution < -0.4 is 0 Å². The van der Waals surface area contributed by atoms with Gasteiger partial charge in [0.2, 0.25) is 0 Å². The minimum atomic E-state index is -0.964. The Morgan fingerprint density at radius 1 is 1.69 bits per heavy atom. The zero-order chi connectivity index (χ0) is 12.3. The predicted octanol–water partition coefficient (Wildman–Crippen LogP) is 1.73. The Balaban J connectivity index is 2.74. The van der Waals surface area contributed by atoms with Crippen LogP contribution in [-0.2, 0) is 29.6 Å².